The van der Waals surface area contributed by atoms with Crippen molar-refractivity contribution in [3.63, 3.8) is 0 Å². The Kier molecular flexibility index (Phi) is 43.9. The van der Waals surface area contributed by atoms with Crippen molar-refractivity contribution in [2.45, 2.75) is 244 Å². The number of carboxylic acids is 1. The van der Waals surface area contributed by atoms with E-state index < -0.39 is 18.1 Å². The monoisotopic (exact) mass is 886 g/mol. The van der Waals surface area contributed by atoms with Crippen molar-refractivity contribution in [2.75, 3.05) is 41.0 Å². The van der Waals surface area contributed by atoms with Crippen molar-refractivity contribution in [2.24, 2.45) is 0 Å². The number of ether oxygens (including phenoxy) is 3. The fourth-order valence-corrected chi connectivity index (χ4v) is 7.67. The summed E-state index contributed by atoms with van der Waals surface area (Å²) in [6, 6.07) is -0.728. The summed E-state index contributed by atoms with van der Waals surface area (Å²) in [6.45, 7) is 4.57. The largest absolute Gasteiger partial charge is 0.544 e. The molecule has 366 valence electrons. The molecule has 8 heteroatoms. The third-order valence-electron chi connectivity index (χ3n) is 11.7. The summed E-state index contributed by atoms with van der Waals surface area (Å²) in [4.78, 5) is 37.1. The Morgan fingerprint density at radius 1 is 0.492 bits per heavy atom. The topological polar surface area (TPSA) is 102 Å². The summed E-state index contributed by atoms with van der Waals surface area (Å²) in [5.74, 6) is -1.74. The maximum Gasteiger partial charge on any atom is 0.306 e. The van der Waals surface area contributed by atoms with Crippen LogP contribution < -0.4 is 5.11 Å². The van der Waals surface area contributed by atoms with Gasteiger partial charge in [-0.15, -0.1) is 0 Å². The summed E-state index contributed by atoms with van der Waals surface area (Å²) in [6.07, 6.45) is 55.7. The fourth-order valence-electron chi connectivity index (χ4n) is 7.67. The van der Waals surface area contributed by atoms with Crippen molar-refractivity contribution in [3.8, 4) is 0 Å². The minimum atomic E-state index is -1.13. The Balaban J connectivity index is 4.24. The van der Waals surface area contributed by atoms with Gasteiger partial charge in [-0.2, -0.15) is 0 Å². The number of unbranched alkanes of at least 4 members (excludes halogenated alkanes) is 25. The van der Waals surface area contributed by atoms with E-state index in [-0.39, 0.29) is 42.7 Å². The zero-order valence-corrected chi connectivity index (χ0v) is 41.7. The van der Waals surface area contributed by atoms with E-state index in [2.05, 4.69) is 62.5 Å². The quantitative estimate of drug-likeness (QED) is 0.0259. The van der Waals surface area contributed by atoms with Gasteiger partial charge in [-0.25, -0.2) is 0 Å². The number of hydrogen-bond acceptors (Lipinski definition) is 7. The number of quaternary nitrogens is 1. The van der Waals surface area contributed by atoms with Gasteiger partial charge in [0.05, 0.1) is 40.3 Å². The highest BCUT2D eigenvalue weighted by atomic mass is 16.6. The van der Waals surface area contributed by atoms with Crippen molar-refractivity contribution < 1.29 is 38.2 Å². The second-order valence-corrected chi connectivity index (χ2v) is 18.7. The SMILES string of the molecule is CC/C=C/C/C=C/C/C=C/CCCCCCCCCCCC(=O)OCC(COCCC(C(=O)[O-])[N+](C)(C)C)OC(=O)CCCCCCCCC/C=C/CCCCCCCCCCC. The number of carbonyl (C=O) groups is 3. The molecule has 0 aromatic carbocycles. The van der Waals surface area contributed by atoms with Gasteiger partial charge in [-0.05, 0) is 70.6 Å². The van der Waals surface area contributed by atoms with Crippen molar-refractivity contribution >= 4 is 17.9 Å². The zero-order valence-electron chi connectivity index (χ0n) is 41.7. The fraction of sp³-hybridized carbons (Fsp3) is 0.800. The molecule has 0 heterocycles. The number of rotatable bonds is 47. The third-order valence-corrected chi connectivity index (χ3v) is 11.7. The number of hydrogen-bond donors (Lipinski definition) is 0. The van der Waals surface area contributed by atoms with Gasteiger partial charge in [-0.1, -0.05) is 191 Å². The van der Waals surface area contributed by atoms with Gasteiger partial charge in [0, 0.05) is 19.3 Å². The highest BCUT2D eigenvalue weighted by molar-refractivity contribution is 5.70. The third kappa shape index (κ3) is 44.3. The molecule has 0 spiro atoms. The molecule has 0 bridgehead atoms. The molecule has 0 amide bonds. The van der Waals surface area contributed by atoms with Gasteiger partial charge in [0.15, 0.2) is 6.10 Å². The van der Waals surface area contributed by atoms with E-state index >= 15 is 0 Å². The van der Waals surface area contributed by atoms with Crippen LogP contribution in [-0.4, -0.2) is 75.5 Å². The molecule has 2 atom stereocenters. The predicted molar refractivity (Wildman–Crippen MR) is 263 cm³/mol. The van der Waals surface area contributed by atoms with Gasteiger partial charge in [0.25, 0.3) is 0 Å². The van der Waals surface area contributed by atoms with Crippen molar-refractivity contribution in [1.82, 2.24) is 0 Å². The first-order valence-electron chi connectivity index (χ1n) is 26.2. The average Bonchev–Trinajstić information content (AvgIpc) is 3.24. The molecule has 2 unspecified atom stereocenters. The molecule has 0 aliphatic rings. The molecule has 0 fully saturated rings. The van der Waals surface area contributed by atoms with Crippen LogP contribution in [-0.2, 0) is 28.6 Å². The highest BCUT2D eigenvalue weighted by Crippen LogP contribution is 2.15. The molecular weight excluding hydrogens is 787 g/mol. The average molecular weight is 886 g/mol. The molecule has 0 N–H and O–H groups in total. The van der Waals surface area contributed by atoms with Crippen molar-refractivity contribution in [1.29, 1.82) is 0 Å². The molecule has 0 aromatic heterocycles. The predicted octanol–water partition coefficient (Wildman–Crippen LogP) is 13.8. The van der Waals surface area contributed by atoms with E-state index in [9.17, 15) is 19.5 Å². The highest BCUT2D eigenvalue weighted by Gasteiger charge is 2.25. The Hall–Kier alpha value is -2.71. The van der Waals surface area contributed by atoms with Crippen LogP contribution in [0.2, 0.25) is 0 Å². The van der Waals surface area contributed by atoms with Crippen LogP contribution in [0.25, 0.3) is 0 Å². The van der Waals surface area contributed by atoms with Crippen molar-refractivity contribution in [3.05, 3.63) is 48.6 Å². The van der Waals surface area contributed by atoms with Crippen LogP contribution in [0.4, 0.5) is 0 Å². The van der Waals surface area contributed by atoms with E-state index in [0.29, 0.717) is 12.8 Å². The van der Waals surface area contributed by atoms with Crippen LogP contribution in [0.1, 0.15) is 232 Å². The molecule has 0 rings (SSSR count). The summed E-state index contributed by atoms with van der Waals surface area (Å²) in [5.41, 5.74) is 0. The Bertz CT molecular complexity index is 1170. The molecule has 8 nitrogen and oxygen atoms in total. The summed E-state index contributed by atoms with van der Waals surface area (Å²) >= 11 is 0. The first-order valence-corrected chi connectivity index (χ1v) is 26.2. The minimum Gasteiger partial charge on any atom is -0.544 e. The lowest BCUT2D eigenvalue weighted by Gasteiger charge is -2.34. The Morgan fingerprint density at radius 3 is 1.33 bits per heavy atom. The maximum absolute atomic E-state index is 12.8. The Labute approximate surface area is 388 Å². The molecule has 63 heavy (non-hydrogen) atoms. The Morgan fingerprint density at radius 2 is 0.889 bits per heavy atom. The van der Waals surface area contributed by atoms with Gasteiger partial charge in [-0.3, -0.25) is 9.59 Å². The number of likely N-dealkylation sites (N-methyl/N-ethyl adjacent to an activating group) is 1. The van der Waals surface area contributed by atoms with E-state index in [0.717, 1.165) is 64.2 Å². The normalized spacial score (nSPS) is 13.2. The zero-order chi connectivity index (χ0) is 46.3. The van der Waals surface area contributed by atoms with Gasteiger partial charge in [0.1, 0.15) is 12.6 Å². The van der Waals surface area contributed by atoms with E-state index in [1.165, 1.54) is 135 Å². The second kappa shape index (κ2) is 45.8. The number of allylic oxidation sites excluding steroid dienone is 8. The van der Waals surface area contributed by atoms with Gasteiger partial charge < -0.3 is 28.6 Å². The first kappa shape index (κ1) is 60.3. The lowest BCUT2D eigenvalue weighted by atomic mass is 10.1. The van der Waals surface area contributed by atoms with Crippen LogP contribution in [0.3, 0.4) is 0 Å². The molecule has 0 aliphatic carbocycles. The summed E-state index contributed by atoms with van der Waals surface area (Å²) in [7, 11) is 5.42. The smallest absolute Gasteiger partial charge is 0.306 e. The maximum atomic E-state index is 12.8. The van der Waals surface area contributed by atoms with E-state index in [4.69, 9.17) is 14.2 Å². The summed E-state index contributed by atoms with van der Waals surface area (Å²) in [5, 5.41) is 11.7. The molecular formula is C55H99NO7. The minimum absolute atomic E-state index is 0.0378. The number of esters is 2. The number of aliphatic carboxylic acids is 1. The van der Waals surface area contributed by atoms with Crippen LogP contribution in [0.15, 0.2) is 48.6 Å². The molecule has 0 radical (unpaired) electrons. The van der Waals surface area contributed by atoms with Gasteiger partial charge in [0.2, 0.25) is 0 Å². The summed E-state index contributed by atoms with van der Waals surface area (Å²) < 4.78 is 17.3. The first-order chi connectivity index (χ1) is 30.6. The lowest BCUT2D eigenvalue weighted by molar-refractivity contribution is -0.889. The molecule has 0 aliphatic heterocycles. The molecule has 0 saturated carbocycles. The standard InChI is InChI=1S/C55H99NO7/c1-6-8-10-12-14-16-18-20-22-24-26-28-30-32-34-36-38-40-42-44-46-54(58)63-51(49-61-48-47-52(55(59)60)56(3,4)5)50-62-53(57)45-43-41-39-37-35-33-31-29-27-25-23-21-19-17-15-13-11-9-7-2/h9,11,15,17,21,23,26,28,51-52H,6-8,10,12-14,16,18-20,22,24-25,27,29-50H2,1-5H3/b11-9+,17-15+,23-21+,28-26+. The van der Waals surface area contributed by atoms with Gasteiger partial charge >= 0.3 is 11.9 Å². The van der Waals surface area contributed by atoms with E-state index in [1.807, 2.05) is 0 Å². The molecule has 0 saturated heterocycles. The molecule has 0 aromatic rings. The second-order valence-electron chi connectivity index (χ2n) is 18.7. The van der Waals surface area contributed by atoms with Crippen LogP contribution >= 0.6 is 0 Å². The lowest BCUT2D eigenvalue weighted by Crippen LogP contribution is -2.55. The van der Waals surface area contributed by atoms with E-state index in [1.54, 1.807) is 21.1 Å². The number of nitrogens with zero attached hydrogens (tertiary/aromatic N) is 1. The van der Waals surface area contributed by atoms with Crippen LogP contribution in [0, 0.1) is 0 Å². The number of carbonyl (C=O) groups excluding carboxylic acids is 3. The van der Waals surface area contributed by atoms with Crippen LogP contribution in [0.5, 0.6) is 0 Å². The number of carboxylic acid groups (broad SMARTS) is 1.